The van der Waals surface area contributed by atoms with Gasteiger partial charge in [0.05, 0.1) is 24.8 Å². The van der Waals surface area contributed by atoms with Crippen molar-refractivity contribution in [3.05, 3.63) is 28.8 Å². The first-order valence-corrected chi connectivity index (χ1v) is 7.78. The number of halogens is 1. The molecule has 3 rings (SSSR count). The van der Waals surface area contributed by atoms with Crippen LogP contribution >= 0.6 is 11.6 Å². The largest absolute Gasteiger partial charge is 0.495 e. The molecule has 1 aromatic carbocycles. The van der Waals surface area contributed by atoms with Crippen LogP contribution in [-0.2, 0) is 16.0 Å². The molecule has 0 aliphatic carbocycles. The van der Waals surface area contributed by atoms with Gasteiger partial charge in [-0.2, -0.15) is 0 Å². The van der Waals surface area contributed by atoms with E-state index >= 15 is 0 Å². The molecule has 2 aliphatic heterocycles. The molecule has 116 valence electrons. The summed E-state index contributed by atoms with van der Waals surface area (Å²) < 4.78 is 16.9. The van der Waals surface area contributed by atoms with Crippen LogP contribution in [0, 0.1) is 0 Å². The molecule has 0 radical (unpaired) electrons. The zero-order valence-corrected chi connectivity index (χ0v) is 13.4. The molecule has 0 amide bonds. The molecule has 0 saturated carbocycles. The molecule has 2 atom stereocenters. The predicted octanol–water partition coefficient (Wildman–Crippen LogP) is 2.73. The lowest BCUT2D eigenvalue weighted by atomic mass is 9.99. The quantitative estimate of drug-likeness (QED) is 0.859. The lowest BCUT2D eigenvalue weighted by Crippen LogP contribution is -2.55. The third-order valence-corrected chi connectivity index (χ3v) is 4.46. The summed E-state index contributed by atoms with van der Waals surface area (Å²) in [5.74, 6) is 0.719. The van der Waals surface area contributed by atoms with E-state index in [0.717, 1.165) is 38.4 Å². The highest BCUT2D eigenvalue weighted by Crippen LogP contribution is 2.31. The van der Waals surface area contributed by atoms with Crippen LogP contribution in [0.4, 0.5) is 0 Å². The van der Waals surface area contributed by atoms with Crippen molar-refractivity contribution in [2.24, 2.45) is 0 Å². The number of ether oxygens (including phenoxy) is 3. The maximum Gasteiger partial charge on any atom is 0.137 e. The summed E-state index contributed by atoms with van der Waals surface area (Å²) in [4.78, 5) is 2.43. The molecule has 2 saturated heterocycles. The number of rotatable bonds is 3. The second-order valence-electron chi connectivity index (χ2n) is 6.05. The van der Waals surface area contributed by atoms with Crippen molar-refractivity contribution >= 4 is 11.6 Å². The van der Waals surface area contributed by atoms with Crippen LogP contribution < -0.4 is 4.74 Å². The molecule has 2 aliphatic rings. The van der Waals surface area contributed by atoms with Crippen molar-refractivity contribution in [3.8, 4) is 5.75 Å². The molecule has 0 unspecified atom stereocenters. The Morgan fingerprint density at radius 2 is 2.33 bits per heavy atom. The molecule has 0 bridgehead atoms. The van der Waals surface area contributed by atoms with Gasteiger partial charge in [-0.15, -0.1) is 0 Å². The molecular formula is C16H22ClNO3. The second-order valence-corrected chi connectivity index (χ2v) is 6.46. The molecule has 2 heterocycles. The first-order valence-electron chi connectivity index (χ1n) is 7.41. The van der Waals surface area contributed by atoms with Gasteiger partial charge in [-0.05, 0) is 24.6 Å². The van der Waals surface area contributed by atoms with Crippen molar-refractivity contribution in [2.45, 2.75) is 31.6 Å². The van der Waals surface area contributed by atoms with Gasteiger partial charge in [0.15, 0.2) is 0 Å². The van der Waals surface area contributed by atoms with Crippen molar-refractivity contribution in [2.75, 3.05) is 33.4 Å². The molecule has 2 fully saturated rings. The van der Waals surface area contributed by atoms with Gasteiger partial charge >= 0.3 is 0 Å². The van der Waals surface area contributed by atoms with E-state index in [1.165, 1.54) is 5.56 Å². The number of morpholine rings is 1. The molecule has 0 aromatic heterocycles. The maximum absolute atomic E-state index is 6.21. The highest BCUT2D eigenvalue weighted by molar-refractivity contribution is 6.32. The summed E-state index contributed by atoms with van der Waals surface area (Å²) >= 11 is 6.21. The molecule has 0 N–H and O–H groups in total. The topological polar surface area (TPSA) is 30.9 Å². The maximum atomic E-state index is 6.21. The van der Waals surface area contributed by atoms with Crippen LogP contribution in [-0.4, -0.2) is 50.0 Å². The van der Waals surface area contributed by atoms with Crippen LogP contribution in [0.25, 0.3) is 0 Å². The van der Waals surface area contributed by atoms with Gasteiger partial charge < -0.3 is 14.2 Å². The first-order chi connectivity index (χ1) is 10.1. The van der Waals surface area contributed by atoms with Crippen LogP contribution in [0.1, 0.15) is 18.9 Å². The zero-order chi connectivity index (χ0) is 14.9. The summed E-state index contributed by atoms with van der Waals surface area (Å²) in [6, 6.07) is 5.98. The Morgan fingerprint density at radius 3 is 3.00 bits per heavy atom. The highest BCUT2D eigenvalue weighted by Gasteiger charge is 2.42. The first kappa shape index (κ1) is 15.1. The minimum Gasteiger partial charge on any atom is -0.495 e. The van der Waals surface area contributed by atoms with Gasteiger partial charge in [0.25, 0.3) is 0 Å². The third kappa shape index (κ3) is 3.34. The van der Waals surface area contributed by atoms with Crippen LogP contribution in [0.15, 0.2) is 18.2 Å². The van der Waals surface area contributed by atoms with E-state index in [2.05, 4.69) is 17.9 Å². The van der Waals surface area contributed by atoms with E-state index in [1.807, 2.05) is 12.1 Å². The lowest BCUT2D eigenvalue weighted by Gasteiger charge is -2.43. The van der Waals surface area contributed by atoms with Gasteiger partial charge in [-0.1, -0.05) is 17.7 Å². The standard InChI is InChI=1S/C16H22ClNO3/c1-12-8-18(10-16(21-12)5-6-20-11-16)9-13-3-4-15(19-2)14(17)7-13/h3-4,7,12H,5-6,8-11H2,1-2H3/t12-,16-/m1/s1. The monoisotopic (exact) mass is 311 g/mol. The van der Waals surface area contributed by atoms with E-state index in [-0.39, 0.29) is 11.7 Å². The smallest absolute Gasteiger partial charge is 0.137 e. The van der Waals surface area contributed by atoms with Gasteiger partial charge in [-0.25, -0.2) is 0 Å². The SMILES string of the molecule is COc1ccc(CN2C[C@@H](C)O[C@]3(CCOC3)C2)cc1Cl. The second kappa shape index (κ2) is 6.13. The summed E-state index contributed by atoms with van der Waals surface area (Å²) in [6.45, 7) is 6.37. The fourth-order valence-electron chi connectivity index (χ4n) is 3.33. The molecule has 5 heteroatoms. The molecule has 21 heavy (non-hydrogen) atoms. The van der Waals surface area contributed by atoms with Crippen LogP contribution in [0.3, 0.4) is 0 Å². The van der Waals surface area contributed by atoms with E-state index in [4.69, 9.17) is 25.8 Å². The Morgan fingerprint density at radius 1 is 1.48 bits per heavy atom. The minimum atomic E-state index is -0.117. The number of nitrogens with zero attached hydrogens (tertiary/aromatic N) is 1. The average molecular weight is 312 g/mol. The van der Waals surface area contributed by atoms with Crippen molar-refractivity contribution in [1.82, 2.24) is 4.90 Å². The zero-order valence-electron chi connectivity index (χ0n) is 12.6. The fraction of sp³-hybridized carbons (Fsp3) is 0.625. The highest BCUT2D eigenvalue weighted by atomic mass is 35.5. The number of hydrogen-bond acceptors (Lipinski definition) is 4. The van der Waals surface area contributed by atoms with E-state index in [0.29, 0.717) is 11.6 Å². The average Bonchev–Trinajstić information content (AvgIpc) is 2.85. The van der Waals surface area contributed by atoms with E-state index in [1.54, 1.807) is 7.11 Å². The van der Waals surface area contributed by atoms with Crippen LogP contribution in [0.5, 0.6) is 5.75 Å². The van der Waals surface area contributed by atoms with Gasteiger partial charge in [-0.3, -0.25) is 4.90 Å². The Kier molecular flexibility index (Phi) is 4.41. The summed E-state index contributed by atoms with van der Waals surface area (Å²) in [5, 5.41) is 0.662. The Hall–Kier alpha value is -0.810. The Bertz CT molecular complexity index is 502. The molecular weight excluding hydrogens is 290 g/mol. The van der Waals surface area contributed by atoms with Crippen molar-refractivity contribution in [3.63, 3.8) is 0 Å². The van der Waals surface area contributed by atoms with Crippen LogP contribution in [0.2, 0.25) is 5.02 Å². The summed E-state index contributed by atoms with van der Waals surface area (Å²) in [6.07, 6.45) is 1.21. The van der Waals surface area contributed by atoms with E-state index < -0.39 is 0 Å². The molecule has 1 aromatic rings. The van der Waals surface area contributed by atoms with Crippen molar-refractivity contribution < 1.29 is 14.2 Å². The number of methoxy groups -OCH3 is 1. The Balaban J connectivity index is 1.70. The molecule has 1 spiro atoms. The Labute approximate surface area is 130 Å². The normalized spacial score (nSPS) is 30.0. The predicted molar refractivity (Wildman–Crippen MR) is 82.0 cm³/mol. The van der Waals surface area contributed by atoms with Gasteiger partial charge in [0, 0.05) is 32.7 Å². The summed E-state index contributed by atoms with van der Waals surface area (Å²) in [5.41, 5.74) is 1.08. The lowest BCUT2D eigenvalue weighted by molar-refractivity contribution is -0.149. The minimum absolute atomic E-state index is 0.117. The van der Waals surface area contributed by atoms with E-state index in [9.17, 15) is 0 Å². The number of benzene rings is 1. The van der Waals surface area contributed by atoms with Crippen molar-refractivity contribution in [1.29, 1.82) is 0 Å². The fourth-order valence-corrected chi connectivity index (χ4v) is 3.61. The number of hydrogen-bond donors (Lipinski definition) is 0. The molecule has 4 nitrogen and oxygen atoms in total. The van der Waals surface area contributed by atoms with Gasteiger partial charge in [0.1, 0.15) is 11.4 Å². The van der Waals surface area contributed by atoms with Gasteiger partial charge in [0.2, 0.25) is 0 Å². The third-order valence-electron chi connectivity index (χ3n) is 4.17. The summed E-state index contributed by atoms with van der Waals surface area (Å²) in [7, 11) is 1.63.